The first kappa shape index (κ1) is 15.8. The summed E-state index contributed by atoms with van der Waals surface area (Å²) in [6, 6.07) is 10.3. The summed E-state index contributed by atoms with van der Waals surface area (Å²) in [5.41, 5.74) is 3.68. The largest absolute Gasteiger partial charge is 0.355 e. The summed E-state index contributed by atoms with van der Waals surface area (Å²) in [7, 11) is 0. The molecule has 23 heavy (non-hydrogen) atoms. The standard InChI is InChI=1S/C17H15FN2OS2/c18-13-5-3-12(4-6-13)7-8-19-16(21)10-15-17(20-11-23-15)14-2-1-9-22-14/h1-6,9,11H,7-8,10H2,(H,19,21). The van der Waals surface area contributed by atoms with Crippen molar-refractivity contribution < 1.29 is 9.18 Å². The van der Waals surface area contributed by atoms with E-state index in [1.165, 1.54) is 23.5 Å². The molecule has 0 bridgehead atoms. The number of carbonyl (C=O) groups is 1. The lowest BCUT2D eigenvalue weighted by atomic mass is 10.1. The molecule has 1 amide bonds. The predicted molar refractivity (Wildman–Crippen MR) is 92.2 cm³/mol. The van der Waals surface area contributed by atoms with Gasteiger partial charge in [-0.1, -0.05) is 18.2 Å². The lowest BCUT2D eigenvalue weighted by Crippen LogP contribution is -2.27. The van der Waals surface area contributed by atoms with Gasteiger partial charge in [-0.15, -0.1) is 22.7 Å². The van der Waals surface area contributed by atoms with Crippen LogP contribution < -0.4 is 5.32 Å². The maximum atomic E-state index is 12.8. The minimum absolute atomic E-state index is 0.0193. The van der Waals surface area contributed by atoms with E-state index in [0.717, 1.165) is 21.0 Å². The molecule has 0 aliphatic heterocycles. The number of rotatable bonds is 6. The van der Waals surface area contributed by atoms with Gasteiger partial charge in [0.25, 0.3) is 0 Å². The molecule has 0 aliphatic rings. The Hall–Kier alpha value is -2.05. The van der Waals surface area contributed by atoms with E-state index in [0.29, 0.717) is 19.4 Å². The van der Waals surface area contributed by atoms with Crippen LogP contribution in [0, 0.1) is 5.82 Å². The van der Waals surface area contributed by atoms with E-state index < -0.39 is 0 Å². The van der Waals surface area contributed by atoms with Gasteiger partial charge in [-0.05, 0) is 35.6 Å². The molecule has 0 atom stereocenters. The Morgan fingerprint density at radius 2 is 2.00 bits per heavy atom. The van der Waals surface area contributed by atoms with Crippen molar-refractivity contribution in [1.29, 1.82) is 0 Å². The van der Waals surface area contributed by atoms with Crippen molar-refractivity contribution >= 4 is 28.6 Å². The molecule has 0 radical (unpaired) electrons. The fourth-order valence-corrected chi connectivity index (χ4v) is 3.80. The molecule has 118 valence electrons. The van der Waals surface area contributed by atoms with Crippen molar-refractivity contribution in [3.05, 3.63) is 63.5 Å². The molecule has 1 aromatic carbocycles. The summed E-state index contributed by atoms with van der Waals surface area (Å²) >= 11 is 3.12. The molecule has 0 saturated carbocycles. The molecule has 1 N–H and O–H groups in total. The highest BCUT2D eigenvalue weighted by atomic mass is 32.1. The number of hydrogen-bond acceptors (Lipinski definition) is 4. The van der Waals surface area contributed by atoms with Gasteiger partial charge in [-0.25, -0.2) is 9.37 Å². The fraction of sp³-hybridized carbons (Fsp3) is 0.176. The quantitative estimate of drug-likeness (QED) is 0.735. The van der Waals surface area contributed by atoms with Crippen molar-refractivity contribution in [3.8, 4) is 10.6 Å². The highest BCUT2D eigenvalue weighted by Crippen LogP contribution is 2.29. The lowest BCUT2D eigenvalue weighted by Gasteiger charge is -2.05. The average molecular weight is 346 g/mol. The molecule has 3 aromatic rings. The smallest absolute Gasteiger partial charge is 0.225 e. The van der Waals surface area contributed by atoms with Gasteiger partial charge >= 0.3 is 0 Å². The molecular formula is C17H15FN2OS2. The minimum Gasteiger partial charge on any atom is -0.355 e. The molecule has 6 heteroatoms. The highest BCUT2D eigenvalue weighted by Gasteiger charge is 2.13. The van der Waals surface area contributed by atoms with E-state index in [4.69, 9.17) is 0 Å². The monoisotopic (exact) mass is 346 g/mol. The first-order valence-corrected chi connectivity index (χ1v) is 8.95. The zero-order valence-electron chi connectivity index (χ0n) is 12.3. The summed E-state index contributed by atoms with van der Waals surface area (Å²) in [5.74, 6) is -0.266. The van der Waals surface area contributed by atoms with Crippen LogP contribution in [0.1, 0.15) is 10.4 Å². The van der Waals surface area contributed by atoms with Gasteiger partial charge in [0.15, 0.2) is 0 Å². The summed E-state index contributed by atoms with van der Waals surface area (Å²) < 4.78 is 12.8. The molecule has 3 rings (SSSR count). The zero-order chi connectivity index (χ0) is 16.1. The van der Waals surface area contributed by atoms with E-state index in [9.17, 15) is 9.18 Å². The van der Waals surface area contributed by atoms with Crippen LogP contribution in [0.15, 0.2) is 47.3 Å². The number of thiazole rings is 1. The first-order chi connectivity index (χ1) is 11.2. The summed E-state index contributed by atoms with van der Waals surface area (Å²) in [5, 5.41) is 4.91. The van der Waals surface area contributed by atoms with Crippen molar-refractivity contribution in [3.63, 3.8) is 0 Å². The van der Waals surface area contributed by atoms with Gasteiger partial charge in [0, 0.05) is 11.4 Å². The summed E-state index contributed by atoms with van der Waals surface area (Å²) in [6.45, 7) is 0.539. The Kier molecular flexibility index (Phi) is 5.15. The first-order valence-electron chi connectivity index (χ1n) is 7.20. The molecular weight excluding hydrogens is 331 g/mol. The van der Waals surface area contributed by atoms with E-state index in [-0.39, 0.29) is 11.7 Å². The normalized spacial score (nSPS) is 10.7. The van der Waals surface area contributed by atoms with Crippen molar-refractivity contribution in [2.75, 3.05) is 6.54 Å². The number of hydrogen-bond donors (Lipinski definition) is 1. The third kappa shape index (κ3) is 4.24. The van der Waals surface area contributed by atoms with Gasteiger partial charge in [0.2, 0.25) is 5.91 Å². The van der Waals surface area contributed by atoms with Crippen LogP contribution in [-0.2, 0) is 17.6 Å². The van der Waals surface area contributed by atoms with Crippen molar-refractivity contribution in [2.24, 2.45) is 0 Å². The predicted octanol–water partition coefficient (Wildman–Crippen LogP) is 3.91. The topological polar surface area (TPSA) is 42.0 Å². The van der Waals surface area contributed by atoms with Crippen LogP contribution in [0.4, 0.5) is 4.39 Å². The van der Waals surface area contributed by atoms with Gasteiger partial charge in [0.1, 0.15) is 5.82 Å². The second-order valence-electron chi connectivity index (χ2n) is 5.00. The van der Waals surface area contributed by atoms with Crippen molar-refractivity contribution in [2.45, 2.75) is 12.8 Å². The number of amides is 1. The fourth-order valence-electron chi connectivity index (χ4n) is 2.22. The van der Waals surface area contributed by atoms with Crippen LogP contribution >= 0.6 is 22.7 Å². The number of aromatic nitrogens is 1. The highest BCUT2D eigenvalue weighted by molar-refractivity contribution is 7.14. The van der Waals surface area contributed by atoms with Crippen LogP contribution in [-0.4, -0.2) is 17.4 Å². The Labute approximate surface area is 141 Å². The van der Waals surface area contributed by atoms with Crippen LogP contribution in [0.3, 0.4) is 0 Å². The number of nitrogens with one attached hydrogen (secondary N) is 1. The van der Waals surface area contributed by atoms with E-state index in [1.807, 2.05) is 17.5 Å². The number of benzene rings is 1. The summed E-state index contributed by atoms with van der Waals surface area (Å²) in [4.78, 5) is 18.5. The Morgan fingerprint density at radius 3 is 2.74 bits per heavy atom. The molecule has 2 aromatic heterocycles. The molecule has 0 unspecified atom stereocenters. The molecule has 2 heterocycles. The molecule has 0 aliphatic carbocycles. The van der Waals surface area contributed by atoms with Crippen LogP contribution in [0.5, 0.6) is 0 Å². The van der Waals surface area contributed by atoms with Gasteiger partial charge in [-0.3, -0.25) is 4.79 Å². The molecule has 0 fully saturated rings. The Bertz CT molecular complexity index is 766. The third-order valence-corrected chi connectivity index (χ3v) is 5.08. The minimum atomic E-state index is -0.246. The number of thiophene rings is 1. The number of halogens is 1. The van der Waals surface area contributed by atoms with Gasteiger partial charge in [0.05, 0.1) is 22.5 Å². The van der Waals surface area contributed by atoms with Gasteiger partial charge < -0.3 is 5.32 Å². The maximum Gasteiger partial charge on any atom is 0.225 e. The SMILES string of the molecule is O=C(Cc1scnc1-c1cccs1)NCCc1ccc(F)cc1. The third-order valence-electron chi connectivity index (χ3n) is 3.37. The summed E-state index contributed by atoms with van der Waals surface area (Å²) in [6.07, 6.45) is 1.02. The lowest BCUT2D eigenvalue weighted by molar-refractivity contribution is -0.120. The van der Waals surface area contributed by atoms with E-state index in [1.54, 1.807) is 29.0 Å². The van der Waals surface area contributed by atoms with Crippen LogP contribution in [0.2, 0.25) is 0 Å². The maximum absolute atomic E-state index is 12.8. The zero-order valence-corrected chi connectivity index (χ0v) is 13.9. The Balaban J connectivity index is 1.52. The number of carbonyl (C=O) groups excluding carboxylic acids is 1. The van der Waals surface area contributed by atoms with E-state index >= 15 is 0 Å². The molecule has 3 nitrogen and oxygen atoms in total. The van der Waals surface area contributed by atoms with Gasteiger partial charge in [-0.2, -0.15) is 0 Å². The molecule has 0 saturated heterocycles. The second kappa shape index (κ2) is 7.48. The Morgan fingerprint density at radius 1 is 1.17 bits per heavy atom. The van der Waals surface area contributed by atoms with E-state index in [2.05, 4.69) is 10.3 Å². The van der Waals surface area contributed by atoms with Crippen LogP contribution in [0.25, 0.3) is 10.6 Å². The second-order valence-corrected chi connectivity index (χ2v) is 6.89. The number of nitrogens with zero attached hydrogens (tertiary/aromatic N) is 1. The van der Waals surface area contributed by atoms with Crippen molar-refractivity contribution in [1.82, 2.24) is 10.3 Å². The molecule has 0 spiro atoms. The average Bonchev–Trinajstić information content (AvgIpc) is 3.20.